The Morgan fingerprint density at radius 3 is 2.58 bits per heavy atom. The number of aryl methyl sites for hydroxylation is 2. The molecule has 4 rings (SSSR count). The second-order valence-corrected chi connectivity index (χ2v) is 7.05. The van der Waals surface area contributed by atoms with E-state index >= 15 is 0 Å². The molecule has 4 aromatic rings. The van der Waals surface area contributed by atoms with Crippen LogP contribution in [-0.4, -0.2) is 14.5 Å². The van der Waals surface area contributed by atoms with E-state index in [-0.39, 0.29) is 5.56 Å². The van der Waals surface area contributed by atoms with Gasteiger partial charge < -0.3 is 4.98 Å². The van der Waals surface area contributed by atoms with Crippen LogP contribution in [0.5, 0.6) is 0 Å². The minimum atomic E-state index is -0.477. The molecule has 0 bridgehead atoms. The molecule has 0 saturated carbocycles. The number of nitrogens with zero attached hydrogens (tertiary/aromatic N) is 2. The topological polar surface area (TPSA) is 67.8 Å². The molecule has 7 heteroatoms. The third-order valence-electron chi connectivity index (χ3n) is 3.90. The van der Waals surface area contributed by atoms with Gasteiger partial charge in [0, 0.05) is 16.1 Å². The maximum atomic E-state index is 12.9. The van der Waals surface area contributed by atoms with Gasteiger partial charge in [-0.25, -0.2) is 14.3 Å². The Hall–Kier alpha value is -2.44. The van der Waals surface area contributed by atoms with E-state index in [1.54, 1.807) is 24.3 Å². The Labute approximate surface area is 145 Å². The zero-order chi connectivity index (χ0) is 17.0. The van der Waals surface area contributed by atoms with Crippen LogP contribution in [0.2, 0.25) is 5.02 Å². The lowest BCUT2D eigenvalue weighted by atomic mass is 10.1. The lowest BCUT2D eigenvalue weighted by Crippen LogP contribution is -2.32. The van der Waals surface area contributed by atoms with Gasteiger partial charge in [0.15, 0.2) is 0 Å². The Bertz CT molecular complexity index is 1220. The van der Waals surface area contributed by atoms with Crippen molar-refractivity contribution < 1.29 is 0 Å². The van der Waals surface area contributed by atoms with Gasteiger partial charge in [-0.3, -0.25) is 4.79 Å². The van der Waals surface area contributed by atoms with Crippen molar-refractivity contribution in [2.75, 3.05) is 0 Å². The van der Waals surface area contributed by atoms with E-state index in [0.29, 0.717) is 20.9 Å². The number of pyridine rings is 1. The molecule has 3 heterocycles. The molecule has 0 saturated heterocycles. The number of H-pyrrole nitrogens is 1. The Morgan fingerprint density at radius 1 is 1.17 bits per heavy atom. The van der Waals surface area contributed by atoms with Crippen LogP contribution >= 0.6 is 22.9 Å². The zero-order valence-electron chi connectivity index (χ0n) is 12.9. The standard InChI is InChI=1S/C17H12ClN3O2S/c1-8-7-9(2)19-15-12(8)13-14(24-15)16(22)21(17(23)20-13)11-5-3-10(18)4-6-11/h3-7H,1-2H3,(H,20,23). The minimum Gasteiger partial charge on any atom is -0.305 e. The molecule has 0 unspecified atom stereocenters. The second-order valence-electron chi connectivity index (χ2n) is 5.61. The fraction of sp³-hybridized carbons (Fsp3) is 0.118. The summed E-state index contributed by atoms with van der Waals surface area (Å²) < 4.78 is 1.61. The number of halogens is 1. The van der Waals surface area contributed by atoms with Crippen molar-refractivity contribution in [2.45, 2.75) is 13.8 Å². The van der Waals surface area contributed by atoms with Gasteiger partial charge in [-0.05, 0) is 49.7 Å². The first kappa shape index (κ1) is 15.1. The molecule has 24 heavy (non-hydrogen) atoms. The van der Waals surface area contributed by atoms with Crippen molar-refractivity contribution >= 4 is 43.4 Å². The molecular formula is C17H12ClN3O2S. The number of aromatic nitrogens is 3. The van der Waals surface area contributed by atoms with E-state index in [4.69, 9.17) is 11.6 Å². The van der Waals surface area contributed by atoms with Gasteiger partial charge in [-0.15, -0.1) is 11.3 Å². The summed E-state index contributed by atoms with van der Waals surface area (Å²) in [6, 6.07) is 8.52. The molecule has 1 aromatic carbocycles. The van der Waals surface area contributed by atoms with Crippen LogP contribution in [0.3, 0.4) is 0 Å². The Balaban J connectivity index is 2.14. The highest BCUT2D eigenvalue weighted by molar-refractivity contribution is 7.25. The fourth-order valence-electron chi connectivity index (χ4n) is 2.89. The number of rotatable bonds is 1. The number of fused-ring (bicyclic) bond motifs is 3. The maximum absolute atomic E-state index is 12.9. The largest absolute Gasteiger partial charge is 0.333 e. The van der Waals surface area contributed by atoms with Gasteiger partial charge in [-0.2, -0.15) is 0 Å². The maximum Gasteiger partial charge on any atom is 0.333 e. The van der Waals surface area contributed by atoms with E-state index in [1.807, 2.05) is 19.9 Å². The summed E-state index contributed by atoms with van der Waals surface area (Å²) >= 11 is 7.18. The highest BCUT2D eigenvalue weighted by Crippen LogP contribution is 2.31. The van der Waals surface area contributed by atoms with E-state index < -0.39 is 5.69 Å². The average Bonchev–Trinajstić information content (AvgIpc) is 2.88. The number of hydrogen-bond donors (Lipinski definition) is 1. The fourth-order valence-corrected chi connectivity index (χ4v) is 4.20. The molecule has 5 nitrogen and oxygen atoms in total. The normalized spacial score (nSPS) is 11.5. The van der Waals surface area contributed by atoms with Gasteiger partial charge >= 0.3 is 5.69 Å². The predicted molar refractivity (Wildman–Crippen MR) is 97.8 cm³/mol. The molecule has 0 aliphatic rings. The van der Waals surface area contributed by atoms with Crippen LogP contribution in [0, 0.1) is 13.8 Å². The first-order valence-electron chi connectivity index (χ1n) is 7.27. The number of hydrogen-bond acceptors (Lipinski definition) is 4. The first-order chi connectivity index (χ1) is 11.5. The second kappa shape index (κ2) is 5.29. The van der Waals surface area contributed by atoms with Crippen LogP contribution < -0.4 is 11.2 Å². The molecule has 0 atom stereocenters. The van der Waals surface area contributed by atoms with Gasteiger partial charge in [-0.1, -0.05) is 11.6 Å². The monoisotopic (exact) mass is 357 g/mol. The number of thiophene rings is 1. The lowest BCUT2D eigenvalue weighted by molar-refractivity contribution is 0.905. The molecule has 0 amide bonds. The van der Waals surface area contributed by atoms with Crippen LogP contribution in [0.4, 0.5) is 0 Å². The smallest absolute Gasteiger partial charge is 0.305 e. The predicted octanol–water partition coefficient (Wildman–Crippen LogP) is 3.56. The first-order valence-corrected chi connectivity index (χ1v) is 8.47. The molecule has 0 aliphatic heterocycles. The lowest BCUT2D eigenvalue weighted by Gasteiger charge is -2.05. The molecule has 0 radical (unpaired) electrons. The third kappa shape index (κ3) is 2.18. The van der Waals surface area contributed by atoms with E-state index in [0.717, 1.165) is 26.0 Å². The summed E-state index contributed by atoms with van der Waals surface area (Å²) in [5.41, 5.74) is 2.08. The number of aromatic amines is 1. The van der Waals surface area contributed by atoms with E-state index in [2.05, 4.69) is 9.97 Å². The summed E-state index contributed by atoms with van der Waals surface area (Å²) in [5.74, 6) is 0. The van der Waals surface area contributed by atoms with Crippen LogP contribution in [0.1, 0.15) is 11.3 Å². The van der Waals surface area contributed by atoms with Crippen molar-refractivity contribution in [2.24, 2.45) is 0 Å². The summed E-state index contributed by atoms with van der Waals surface area (Å²) in [7, 11) is 0. The number of nitrogens with one attached hydrogen (secondary N) is 1. The van der Waals surface area contributed by atoms with Crippen molar-refractivity contribution in [3.8, 4) is 5.69 Å². The van der Waals surface area contributed by atoms with Crippen molar-refractivity contribution in [3.63, 3.8) is 0 Å². The molecule has 1 N–H and O–H groups in total. The summed E-state index contributed by atoms with van der Waals surface area (Å²) in [6.07, 6.45) is 0. The van der Waals surface area contributed by atoms with Crippen molar-refractivity contribution in [3.05, 3.63) is 67.4 Å². The van der Waals surface area contributed by atoms with Gasteiger partial charge in [0.25, 0.3) is 5.56 Å². The molecule has 120 valence electrons. The van der Waals surface area contributed by atoms with E-state index in [9.17, 15) is 9.59 Å². The molecule has 0 aliphatic carbocycles. The molecule has 3 aromatic heterocycles. The molecule has 0 fully saturated rings. The SMILES string of the molecule is Cc1cc(C)c2c(n1)sc1c(=O)n(-c3ccc(Cl)cc3)c(=O)[nH]c12. The number of benzene rings is 1. The Kier molecular flexibility index (Phi) is 3.33. The summed E-state index contributed by atoms with van der Waals surface area (Å²) in [4.78, 5) is 33.5. The van der Waals surface area contributed by atoms with Gasteiger partial charge in [0.1, 0.15) is 9.53 Å². The van der Waals surface area contributed by atoms with Crippen molar-refractivity contribution in [1.29, 1.82) is 0 Å². The summed E-state index contributed by atoms with van der Waals surface area (Å²) in [5, 5.41) is 1.37. The minimum absolute atomic E-state index is 0.351. The highest BCUT2D eigenvalue weighted by Gasteiger charge is 2.16. The van der Waals surface area contributed by atoms with Crippen LogP contribution in [0.25, 0.3) is 26.1 Å². The third-order valence-corrected chi connectivity index (χ3v) is 5.23. The van der Waals surface area contributed by atoms with Gasteiger partial charge in [0.2, 0.25) is 0 Å². The quantitative estimate of drug-likeness (QED) is 0.566. The van der Waals surface area contributed by atoms with Crippen molar-refractivity contribution in [1.82, 2.24) is 14.5 Å². The average molecular weight is 358 g/mol. The molecule has 0 spiro atoms. The molecular weight excluding hydrogens is 346 g/mol. The highest BCUT2D eigenvalue weighted by atomic mass is 35.5. The van der Waals surface area contributed by atoms with Gasteiger partial charge in [0.05, 0.1) is 11.2 Å². The van der Waals surface area contributed by atoms with E-state index in [1.165, 1.54) is 11.3 Å². The summed E-state index contributed by atoms with van der Waals surface area (Å²) in [6.45, 7) is 3.86. The Morgan fingerprint density at radius 2 is 1.88 bits per heavy atom. The van der Waals surface area contributed by atoms with Crippen LogP contribution in [-0.2, 0) is 0 Å². The van der Waals surface area contributed by atoms with Crippen LogP contribution in [0.15, 0.2) is 39.9 Å². The zero-order valence-corrected chi connectivity index (χ0v) is 14.5.